The third kappa shape index (κ3) is 3.73. The summed E-state index contributed by atoms with van der Waals surface area (Å²) < 4.78 is 0. The maximum Gasteiger partial charge on any atom is 0.227 e. The van der Waals surface area contributed by atoms with E-state index in [0.29, 0.717) is 0 Å². The van der Waals surface area contributed by atoms with E-state index in [9.17, 15) is 14.7 Å². The second-order valence-corrected chi connectivity index (χ2v) is 3.76. The largest absolute Gasteiger partial charge is 0.508 e. The molecule has 0 saturated heterocycles. The summed E-state index contributed by atoms with van der Waals surface area (Å²) in [6, 6.07) is 6.43. The van der Waals surface area contributed by atoms with Crippen molar-refractivity contribution >= 4 is 11.7 Å². The second-order valence-electron chi connectivity index (χ2n) is 3.76. The summed E-state index contributed by atoms with van der Waals surface area (Å²) in [5, 5.41) is 12.0. The highest BCUT2D eigenvalue weighted by Gasteiger charge is 2.11. The SMILES string of the molecule is CC(=O)CC(=O)NC(C)c1cccc(O)c1. The summed E-state index contributed by atoms with van der Waals surface area (Å²) in [5.41, 5.74) is 0.803. The van der Waals surface area contributed by atoms with Crippen LogP contribution in [0.5, 0.6) is 5.75 Å². The van der Waals surface area contributed by atoms with Crippen molar-refractivity contribution in [1.29, 1.82) is 0 Å². The molecule has 0 saturated carbocycles. The van der Waals surface area contributed by atoms with Crippen molar-refractivity contribution < 1.29 is 14.7 Å². The zero-order valence-electron chi connectivity index (χ0n) is 9.36. The summed E-state index contributed by atoms with van der Waals surface area (Å²) in [6.07, 6.45) is -0.108. The number of phenolic OH excluding ortho intramolecular Hbond substituents is 1. The van der Waals surface area contributed by atoms with Crippen molar-refractivity contribution in [2.45, 2.75) is 26.3 Å². The molecule has 0 aliphatic heterocycles. The molecule has 0 spiro atoms. The van der Waals surface area contributed by atoms with Crippen molar-refractivity contribution in [2.75, 3.05) is 0 Å². The molecule has 0 aliphatic carbocycles. The molecule has 1 amide bonds. The zero-order valence-corrected chi connectivity index (χ0v) is 9.36. The van der Waals surface area contributed by atoms with Crippen molar-refractivity contribution in [3.05, 3.63) is 29.8 Å². The minimum absolute atomic E-state index is 0.108. The lowest BCUT2D eigenvalue weighted by Crippen LogP contribution is -2.27. The molecule has 0 bridgehead atoms. The van der Waals surface area contributed by atoms with E-state index in [1.807, 2.05) is 0 Å². The molecule has 0 aliphatic rings. The summed E-state index contributed by atoms with van der Waals surface area (Å²) in [4.78, 5) is 22.1. The number of rotatable bonds is 4. The standard InChI is InChI=1S/C12H15NO3/c1-8(14)6-12(16)13-9(2)10-4-3-5-11(15)7-10/h3-5,7,9,15H,6H2,1-2H3,(H,13,16). The molecular formula is C12H15NO3. The van der Waals surface area contributed by atoms with Crippen molar-refractivity contribution in [1.82, 2.24) is 5.32 Å². The molecule has 0 aromatic heterocycles. The molecule has 0 fully saturated rings. The number of benzene rings is 1. The molecule has 0 radical (unpaired) electrons. The molecule has 4 nitrogen and oxygen atoms in total. The normalized spacial score (nSPS) is 11.9. The van der Waals surface area contributed by atoms with E-state index >= 15 is 0 Å². The summed E-state index contributed by atoms with van der Waals surface area (Å²) in [5.74, 6) is -0.311. The molecular weight excluding hydrogens is 206 g/mol. The molecule has 86 valence electrons. The highest BCUT2D eigenvalue weighted by atomic mass is 16.3. The maximum absolute atomic E-state index is 11.3. The maximum atomic E-state index is 11.3. The molecule has 2 N–H and O–H groups in total. The third-order valence-corrected chi connectivity index (χ3v) is 2.16. The molecule has 1 rings (SSSR count). The number of ketones is 1. The topological polar surface area (TPSA) is 66.4 Å². The Balaban J connectivity index is 2.62. The van der Waals surface area contributed by atoms with Gasteiger partial charge >= 0.3 is 0 Å². The summed E-state index contributed by atoms with van der Waals surface area (Å²) in [6.45, 7) is 3.17. The Morgan fingerprint density at radius 1 is 1.44 bits per heavy atom. The average Bonchev–Trinajstić information content (AvgIpc) is 2.16. The van der Waals surface area contributed by atoms with Gasteiger partial charge in [0.05, 0.1) is 12.5 Å². The Morgan fingerprint density at radius 2 is 2.12 bits per heavy atom. The number of carbonyl (C=O) groups excluding carboxylic acids is 2. The van der Waals surface area contributed by atoms with Gasteiger partial charge in [0, 0.05) is 0 Å². The van der Waals surface area contributed by atoms with E-state index in [0.717, 1.165) is 5.56 Å². The van der Waals surface area contributed by atoms with Crippen LogP contribution in [0.4, 0.5) is 0 Å². The number of hydrogen-bond donors (Lipinski definition) is 2. The van der Waals surface area contributed by atoms with E-state index < -0.39 is 0 Å². The number of amides is 1. The molecule has 1 aromatic carbocycles. The van der Waals surface area contributed by atoms with E-state index in [-0.39, 0.29) is 29.9 Å². The summed E-state index contributed by atoms with van der Waals surface area (Å²) >= 11 is 0. The Bertz CT molecular complexity index is 401. The van der Waals surface area contributed by atoms with E-state index in [1.54, 1.807) is 31.2 Å². The van der Waals surface area contributed by atoms with E-state index in [2.05, 4.69) is 5.32 Å². The summed E-state index contributed by atoms with van der Waals surface area (Å²) in [7, 11) is 0. The first-order valence-corrected chi connectivity index (χ1v) is 5.07. The number of carbonyl (C=O) groups is 2. The van der Waals surface area contributed by atoms with Crippen molar-refractivity contribution in [2.24, 2.45) is 0 Å². The number of aromatic hydroxyl groups is 1. The highest BCUT2D eigenvalue weighted by molar-refractivity contribution is 5.96. The van der Waals surface area contributed by atoms with Crippen molar-refractivity contribution in [3.63, 3.8) is 0 Å². The highest BCUT2D eigenvalue weighted by Crippen LogP contribution is 2.17. The van der Waals surface area contributed by atoms with Gasteiger partial charge in [-0.2, -0.15) is 0 Å². The van der Waals surface area contributed by atoms with Gasteiger partial charge in [-0.25, -0.2) is 0 Å². The molecule has 1 aromatic rings. The fourth-order valence-corrected chi connectivity index (χ4v) is 1.40. The smallest absolute Gasteiger partial charge is 0.227 e. The quantitative estimate of drug-likeness (QED) is 0.758. The van der Waals surface area contributed by atoms with Gasteiger partial charge in [-0.3, -0.25) is 9.59 Å². The van der Waals surface area contributed by atoms with Crippen LogP contribution in [-0.2, 0) is 9.59 Å². The van der Waals surface area contributed by atoms with Crippen LogP contribution in [-0.4, -0.2) is 16.8 Å². The van der Waals surface area contributed by atoms with Gasteiger partial charge in [-0.1, -0.05) is 12.1 Å². The van der Waals surface area contributed by atoms with Crippen LogP contribution < -0.4 is 5.32 Å². The lowest BCUT2D eigenvalue weighted by molar-refractivity contribution is -0.127. The van der Waals surface area contributed by atoms with Gasteiger partial charge in [0.2, 0.25) is 5.91 Å². The Morgan fingerprint density at radius 3 is 2.69 bits per heavy atom. The Labute approximate surface area is 94.3 Å². The number of hydrogen-bond acceptors (Lipinski definition) is 3. The molecule has 4 heteroatoms. The number of Topliss-reactive ketones (excluding diaryl/α,β-unsaturated/α-hetero) is 1. The molecule has 0 heterocycles. The van der Waals surface area contributed by atoms with Gasteiger partial charge in [0.15, 0.2) is 0 Å². The second kappa shape index (κ2) is 5.30. The first kappa shape index (κ1) is 12.2. The minimum Gasteiger partial charge on any atom is -0.508 e. The van der Waals surface area contributed by atoms with Crippen LogP contribution in [0.25, 0.3) is 0 Å². The number of phenols is 1. The fourth-order valence-electron chi connectivity index (χ4n) is 1.40. The first-order chi connectivity index (χ1) is 7.49. The third-order valence-electron chi connectivity index (χ3n) is 2.16. The Kier molecular flexibility index (Phi) is 4.05. The predicted molar refractivity (Wildman–Crippen MR) is 60.0 cm³/mol. The predicted octanol–water partition coefficient (Wildman–Crippen LogP) is 1.55. The van der Waals surface area contributed by atoms with Crippen molar-refractivity contribution in [3.8, 4) is 5.75 Å². The zero-order chi connectivity index (χ0) is 12.1. The van der Waals surface area contributed by atoms with Crippen LogP contribution in [0.2, 0.25) is 0 Å². The van der Waals surface area contributed by atoms with Gasteiger partial charge < -0.3 is 10.4 Å². The fraction of sp³-hybridized carbons (Fsp3) is 0.333. The van der Waals surface area contributed by atoms with E-state index in [4.69, 9.17) is 0 Å². The van der Waals surface area contributed by atoms with Crippen LogP contribution in [0.15, 0.2) is 24.3 Å². The van der Waals surface area contributed by atoms with E-state index in [1.165, 1.54) is 6.92 Å². The van der Waals surface area contributed by atoms with Gasteiger partial charge in [0.1, 0.15) is 11.5 Å². The first-order valence-electron chi connectivity index (χ1n) is 5.07. The Hall–Kier alpha value is -1.84. The van der Waals surface area contributed by atoms with Crippen LogP contribution in [0.1, 0.15) is 31.9 Å². The molecule has 1 atom stereocenters. The van der Waals surface area contributed by atoms with Crippen LogP contribution >= 0.6 is 0 Å². The molecule has 1 unspecified atom stereocenters. The average molecular weight is 221 g/mol. The van der Waals surface area contributed by atoms with Gasteiger partial charge in [-0.05, 0) is 31.5 Å². The number of nitrogens with one attached hydrogen (secondary N) is 1. The van der Waals surface area contributed by atoms with Crippen LogP contribution in [0, 0.1) is 0 Å². The van der Waals surface area contributed by atoms with Crippen LogP contribution in [0.3, 0.4) is 0 Å². The monoisotopic (exact) mass is 221 g/mol. The molecule has 16 heavy (non-hydrogen) atoms. The lowest BCUT2D eigenvalue weighted by Gasteiger charge is -2.13. The van der Waals surface area contributed by atoms with Gasteiger partial charge in [-0.15, -0.1) is 0 Å². The lowest BCUT2D eigenvalue weighted by atomic mass is 10.1. The minimum atomic E-state index is -0.302. The van der Waals surface area contributed by atoms with Gasteiger partial charge in [0.25, 0.3) is 0 Å².